The summed E-state index contributed by atoms with van der Waals surface area (Å²) in [6, 6.07) is 0. The molecule has 0 radical (unpaired) electrons. The highest BCUT2D eigenvalue weighted by molar-refractivity contribution is 4.88. The van der Waals surface area contributed by atoms with Gasteiger partial charge < -0.3 is 15.3 Å². The zero-order valence-electron chi connectivity index (χ0n) is 12.9. The Bertz CT molecular complexity index is 283. The minimum absolute atomic E-state index is 0.375. The number of nitrogens with one attached hydrogen (secondary N) is 1. The largest absolute Gasteiger partial charge is 0.396 e. The van der Waals surface area contributed by atoms with Gasteiger partial charge in [-0.1, -0.05) is 19.3 Å². The van der Waals surface area contributed by atoms with Crippen molar-refractivity contribution in [3.05, 3.63) is 0 Å². The number of nitrogens with zero attached hydrogens (tertiary/aromatic N) is 1. The van der Waals surface area contributed by atoms with Gasteiger partial charge in [-0.25, -0.2) is 0 Å². The number of hydrogen-bond acceptors (Lipinski definition) is 3. The van der Waals surface area contributed by atoms with Crippen molar-refractivity contribution < 1.29 is 5.11 Å². The molecule has 2 saturated heterocycles. The zero-order chi connectivity index (χ0) is 13.8. The van der Waals surface area contributed by atoms with Crippen LogP contribution in [0.2, 0.25) is 0 Å². The number of hydrogen-bond donors (Lipinski definition) is 2. The summed E-state index contributed by atoms with van der Waals surface area (Å²) in [5.74, 6) is 3.09. The third-order valence-corrected chi connectivity index (χ3v) is 6.11. The number of aliphatic hydroxyl groups is 1. The van der Waals surface area contributed by atoms with Crippen LogP contribution >= 0.6 is 0 Å². The van der Waals surface area contributed by atoms with E-state index in [9.17, 15) is 5.11 Å². The number of rotatable bonds is 4. The van der Waals surface area contributed by atoms with Gasteiger partial charge in [0.25, 0.3) is 0 Å². The summed E-state index contributed by atoms with van der Waals surface area (Å²) in [6.07, 6.45) is 10.1. The fourth-order valence-electron chi connectivity index (χ4n) is 4.80. The quantitative estimate of drug-likeness (QED) is 0.828. The highest BCUT2D eigenvalue weighted by atomic mass is 16.3. The van der Waals surface area contributed by atoms with Crippen molar-refractivity contribution in [1.82, 2.24) is 10.2 Å². The maximum atomic E-state index is 9.49. The molecule has 0 aromatic carbocycles. The Morgan fingerprint density at radius 3 is 2.40 bits per heavy atom. The zero-order valence-corrected chi connectivity index (χ0v) is 12.9. The molecule has 20 heavy (non-hydrogen) atoms. The molecule has 2 heterocycles. The topological polar surface area (TPSA) is 35.5 Å². The molecule has 0 amide bonds. The second-order valence-corrected chi connectivity index (χ2v) is 7.41. The van der Waals surface area contributed by atoms with Crippen molar-refractivity contribution in [3.8, 4) is 0 Å². The Kier molecular flexibility index (Phi) is 5.36. The van der Waals surface area contributed by atoms with E-state index in [-0.39, 0.29) is 0 Å². The van der Waals surface area contributed by atoms with Crippen LogP contribution in [0.4, 0.5) is 0 Å². The van der Waals surface area contributed by atoms with Gasteiger partial charge in [-0.05, 0) is 69.0 Å². The number of likely N-dealkylation sites (tertiary alicyclic amines) is 1. The summed E-state index contributed by atoms with van der Waals surface area (Å²) >= 11 is 0. The van der Waals surface area contributed by atoms with Gasteiger partial charge in [0.2, 0.25) is 0 Å². The van der Waals surface area contributed by atoms with Gasteiger partial charge in [0.1, 0.15) is 0 Å². The first-order valence-corrected chi connectivity index (χ1v) is 8.90. The fraction of sp³-hybridized carbons (Fsp3) is 1.00. The van der Waals surface area contributed by atoms with Gasteiger partial charge in [0.05, 0.1) is 0 Å². The Hall–Kier alpha value is -0.120. The maximum Gasteiger partial charge on any atom is 0.0474 e. The molecule has 0 bridgehead atoms. The van der Waals surface area contributed by atoms with Gasteiger partial charge in [-0.3, -0.25) is 0 Å². The normalized spacial score (nSPS) is 34.6. The molecule has 3 aliphatic rings. The van der Waals surface area contributed by atoms with Crippen LogP contribution in [-0.2, 0) is 0 Å². The van der Waals surface area contributed by atoms with Crippen molar-refractivity contribution in [2.45, 2.75) is 44.9 Å². The van der Waals surface area contributed by atoms with Gasteiger partial charge in [-0.2, -0.15) is 0 Å². The predicted octanol–water partition coefficient (Wildman–Crippen LogP) is 2.11. The summed E-state index contributed by atoms with van der Waals surface area (Å²) in [7, 11) is 0. The van der Waals surface area contributed by atoms with Crippen LogP contribution in [0.25, 0.3) is 0 Å². The van der Waals surface area contributed by atoms with E-state index in [1.165, 1.54) is 64.6 Å². The second kappa shape index (κ2) is 7.24. The van der Waals surface area contributed by atoms with Gasteiger partial charge in [0, 0.05) is 19.7 Å². The highest BCUT2D eigenvalue weighted by Crippen LogP contribution is 2.33. The Balaban J connectivity index is 1.42. The molecular weight excluding hydrogens is 248 g/mol. The molecule has 2 aliphatic heterocycles. The van der Waals surface area contributed by atoms with Gasteiger partial charge in [0.15, 0.2) is 0 Å². The van der Waals surface area contributed by atoms with Crippen LogP contribution in [0.5, 0.6) is 0 Å². The van der Waals surface area contributed by atoms with E-state index in [1.54, 1.807) is 0 Å². The lowest BCUT2D eigenvalue weighted by molar-refractivity contribution is 0.0973. The summed E-state index contributed by atoms with van der Waals surface area (Å²) in [5, 5.41) is 13.0. The minimum Gasteiger partial charge on any atom is -0.396 e. The summed E-state index contributed by atoms with van der Waals surface area (Å²) in [4.78, 5) is 2.73. The molecule has 3 fully saturated rings. The third-order valence-electron chi connectivity index (χ3n) is 6.11. The average Bonchev–Trinajstić information content (AvgIpc) is 2.98. The van der Waals surface area contributed by atoms with Crippen LogP contribution in [0, 0.1) is 23.7 Å². The van der Waals surface area contributed by atoms with Crippen molar-refractivity contribution in [2.75, 3.05) is 39.3 Å². The maximum absolute atomic E-state index is 9.49. The molecule has 0 aromatic heterocycles. The van der Waals surface area contributed by atoms with E-state index in [1.807, 2.05) is 0 Å². The van der Waals surface area contributed by atoms with Crippen molar-refractivity contribution >= 4 is 0 Å². The molecule has 2 atom stereocenters. The minimum atomic E-state index is 0.375. The van der Waals surface area contributed by atoms with Crippen LogP contribution < -0.4 is 5.32 Å². The number of aliphatic hydroxyl groups excluding tert-OH is 1. The molecule has 116 valence electrons. The SMILES string of the molecule is OC[C@@H]1CNC[C@H]1C1CCN(CC2CCCCC2)CC1. The molecule has 2 N–H and O–H groups in total. The van der Waals surface area contributed by atoms with E-state index in [4.69, 9.17) is 0 Å². The van der Waals surface area contributed by atoms with Gasteiger partial charge in [-0.15, -0.1) is 0 Å². The van der Waals surface area contributed by atoms with Crippen molar-refractivity contribution in [2.24, 2.45) is 23.7 Å². The van der Waals surface area contributed by atoms with Crippen LogP contribution in [0.15, 0.2) is 0 Å². The molecule has 1 saturated carbocycles. The van der Waals surface area contributed by atoms with E-state index in [0.29, 0.717) is 12.5 Å². The summed E-state index contributed by atoms with van der Waals surface area (Å²) < 4.78 is 0. The second-order valence-electron chi connectivity index (χ2n) is 7.41. The predicted molar refractivity (Wildman–Crippen MR) is 82.7 cm³/mol. The van der Waals surface area contributed by atoms with E-state index in [0.717, 1.165) is 30.8 Å². The van der Waals surface area contributed by atoms with Gasteiger partial charge >= 0.3 is 0 Å². The lowest BCUT2D eigenvalue weighted by Gasteiger charge is -2.38. The average molecular weight is 280 g/mol. The van der Waals surface area contributed by atoms with E-state index >= 15 is 0 Å². The molecule has 3 nitrogen and oxygen atoms in total. The molecule has 3 heteroatoms. The molecular formula is C17H32N2O. The first kappa shape index (κ1) is 14.8. The monoisotopic (exact) mass is 280 g/mol. The van der Waals surface area contributed by atoms with Crippen molar-refractivity contribution in [3.63, 3.8) is 0 Å². The lowest BCUT2D eigenvalue weighted by Crippen LogP contribution is -2.40. The van der Waals surface area contributed by atoms with Crippen LogP contribution in [-0.4, -0.2) is 49.3 Å². The first-order valence-electron chi connectivity index (χ1n) is 8.90. The number of piperidine rings is 1. The Morgan fingerprint density at radius 2 is 1.70 bits per heavy atom. The Morgan fingerprint density at radius 1 is 0.950 bits per heavy atom. The van der Waals surface area contributed by atoms with E-state index < -0.39 is 0 Å². The molecule has 3 rings (SSSR count). The van der Waals surface area contributed by atoms with Crippen molar-refractivity contribution in [1.29, 1.82) is 0 Å². The molecule has 1 aliphatic carbocycles. The molecule has 0 spiro atoms. The molecule has 0 aromatic rings. The summed E-state index contributed by atoms with van der Waals surface area (Å²) in [6.45, 7) is 6.51. The smallest absolute Gasteiger partial charge is 0.0474 e. The lowest BCUT2D eigenvalue weighted by atomic mass is 9.78. The highest BCUT2D eigenvalue weighted by Gasteiger charge is 2.35. The van der Waals surface area contributed by atoms with Crippen LogP contribution in [0.3, 0.4) is 0 Å². The first-order chi connectivity index (χ1) is 9.86. The van der Waals surface area contributed by atoms with Crippen LogP contribution in [0.1, 0.15) is 44.9 Å². The fourth-order valence-corrected chi connectivity index (χ4v) is 4.80. The standard InChI is InChI=1S/C17H32N2O/c20-13-16-10-18-11-17(16)15-6-8-19(9-7-15)12-14-4-2-1-3-5-14/h14-18,20H,1-13H2/t16-,17-/m0/s1. The summed E-state index contributed by atoms with van der Waals surface area (Å²) in [5.41, 5.74) is 0. The van der Waals surface area contributed by atoms with E-state index in [2.05, 4.69) is 10.2 Å². The molecule has 0 unspecified atom stereocenters. The third kappa shape index (κ3) is 3.55. The Labute approximate surface area is 124 Å².